The van der Waals surface area contributed by atoms with Crippen molar-refractivity contribution in [1.29, 1.82) is 0 Å². The second-order valence-corrected chi connectivity index (χ2v) is 3.66. The van der Waals surface area contributed by atoms with Crippen molar-refractivity contribution in [3.05, 3.63) is 42.7 Å². The predicted molar refractivity (Wildman–Crippen MR) is 66.9 cm³/mol. The fourth-order valence-electron chi connectivity index (χ4n) is 1.41. The van der Waals surface area contributed by atoms with Crippen molar-refractivity contribution < 1.29 is 14.3 Å². The molecule has 96 valence electrons. The summed E-state index contributed by atoms with van der Waals surface area (Å²) in [6, 6.07) is 2.62. The van der Waals surface area contributed by atoms with Crippen LogP contribution >= 0.6 is 0 Å². The summed E-state index contributed by atoms with van der Waals surface area (Å²) in [5.41, 5.74) is 0.407. The highest BCUT2D eigenvalue weighted by atomic mass is 16.5. The Morgan fingerprint density at radius 2 is 2.39 bits per heavy atom. The number of allylic oxidation sites excluding steroid dienone is 1. The van der Waals surface area contributed by atoms with E-state index < -0.39 is 12.0 Å². The molecule has 1 rings (SSSR count). The Bertz CT molecular complexity index is 418. The molecule has 0 aromatic carbocycles. The van der Waals surface area contributed by atoms with E-state index in [4.69, 9.17) is 0 Å². The molecule has 0 aliphatic carbocycles. The fraction of sp³-hybridized carbons (Fsp3) is 0.308. The molecular formula is C13H16N2O3. The third-order valence-electron chi connectivity index (χ3n) is 2.37. The highest BCUT2D eigenvalue weighted by Gasteiger charge is 2.21. The summed E-state index contributed by atoms with van der Waals surface area (Å²) < 4.78 is 4.64. The number of amides is 1. The molecular weight excluding hydrogens is 232 g/mol. The summed E-state index contributed by atoms with van der Waals surface area (Å²) in [7, 11) is 1.29. The zero-order chi connectivity index (χ0) is 13.4. The van der Waals surface area contributed by atoms with Gasteiger partial charge < -0.3 is 10.1 Å². The Kier molecular flexibility index (Phi) is 5.57. The Labute approximate surface area is 106 Å². The maximum absolute atomic E-state index is 11.9. The number of methoxy groups -OCH3 is 1. The minimum Gasteiger partial charge on any atom is -0.467 e. The topological polar surface area (TPSA) is 68.3 Å². The van der Waals surface area contributed by atoms with Gasteiger partial charge in [-0.25, -0.2) is 4.79 Å². The maximum Gasteiger partial charge on any atom is 0.328 e. The van der Waals surface area contributed by atoms with E-state index in [0.29, 0.717) is 18.4 Å². The third-order valence-corrected chi connectivity index (χ3v) is 2.37. The number of esters is 1. The lowest BCUT2D eigenvalue weighted by molar-refractivity contribution is -0.143. The van der Waals surface area contributed by atoms with E-state index in [1.165, 1.54) is 13.3 Å². The van der Waals surface area contributed by atoms with Gasteiger partial charge in [0.05, 0.1) is 12.7 Å². The van der Waals surface area contributed by atoms with E-state index in [-0.39, 0.29) is 5.91 Å². The molecule has 5 heteroatoms. The van der Waals surface area contributed by atoms with Gasteiger partial charge in [0.15, 0.2) is 0 Å². The molecule has 1 atom stereocenters. The molecule has 1 amide bonds. The van der Waals surface area contributed by atoms with Gasteiger partial charge in [-0.3, -0.25) is 9.78 Å². The first-order valence-electron chi connectivity index (χ1n) is 5.58. The van der Waals surface area contributed by atoms with Gasteiger partial charge in [0, 0.05) is 12.4 Å². The van der Waals surface area contributed by atoms with Gasteiger partial charge in [-0.1, -0.05) is 6.08 Å². The molecule has 0 aliphatic heterocycles. The molecule has 5 nitrogen and oxygen atoms in total. The Balaban J connectivity index is 2.68. The number of nitrogens with zero attached hydrogens (tertiary/aromatic N) is 1. The molecule has 0 bridgehead atoms. The van der Waals surface area contributed by atoms with Crippen molar-refractivity contribution in [2.45, 2.75) is 18.9 Å². The zero-order valence-electron chi connectivity index (χ0n) is 10.3. The molecule has 0 saturated carbocycles. The summed E-state index contributed by atoms with van der Waals surface area (Å²) in [4.78, 5) is 27.2. The first-order chi connectivity index (χ1) is 8.69. The van der Waals surface area contributed by atoms with Crippen LogP contribution in [0.5, 0.6) is 0 Å². The average Bonchev–Trinajstić information content (AvgIpc) is 2.43. The average molecular weight is 248 g/mol. The first kappa shape index (κ1) is 13.9. The standard InChI is InChI=1S/C13H16N2O3/c1-3-4-7-11(13(17)18-2)15-12(16)10-6-5-8-14-9-10/h3,5-6,8-9,11H,1,4,7H2,2H3,(H,15,16)/t11-/m1/s1. The van der Waals surface area contributed by atoms with Crippen molar-refractivity contribution in [3.8, 4) is 0 Å². The molecule has 0 fully saturated rings. The van der Waals surface area contributed by atoms with Gasteiger partial charge in [0.1, 0.15) is 6.04 Å². The van der Waals surface area contributed by atoms with E-state index in [1.54, 1.807) is 24.4 Å². The van der Waals surface area contributed by atoms with Crippen molar-refractivity contribution in [1.82, 2.24) is 10.3 Å². The number of carbonyl (C=O) groups is 2. The van der Waals surface area contributed by atoms with Crippen LogP contribution in [-0.2, 0) is 9.53 Å². The minimum absolute atomic E-state index is 0.345. The van der Waals surface area contributed by atoms with E-state index in [9.17, 15) is 9.59 Å². The van der Waals surface area contributed by atoms with Crippen LogP contribution in [0.1, 0.15) is 23.2 Å². The second kappa shape index (κ2) is 7.21. The van der Waals surface area contributed by atoms with Crippen molar-refractivity contribution in [2.75, 3.05) is 7.11 Å². The first-order valence-corrected chi connectivity index (χ1v) is 5.58. The number of hydrogen-bond acceptors (Lipinski definition) is 4. The third kappa shape index (κ3) is 4.01. The SMILES string of the molecule is C=CCC[C@@H](NC(=O)c1cccnc1)C(=O)OC. The molecule has 0 radical (unpaired) electrons. The lowest BCUT2D eigenvalue weighted by Gasteiger charge is -2.15. The van der Waals surface area contributed by atoms with E-state index in [1.807, 2.05) is 0 Å². The van der Waals surface area contributed by atoms with Crippen LogP contribution in [0.25, 0.3) is 0 Å². The number of pyridine rings is 1. The monoisotopic (exact) mass is 248 g/mol. The molecule has 18 heavy (non-hydrogen) atoms. The van der Waals surface area contributed by atoms with Crippen LogP contribution in [0.15, 0.2) is 37.2 Å². The Morgan fingerprint density at radius 1 is 1.61 bits per heavy atom. The molecule has 0 unspecified atom stereocenters. The fourth-order valence-corrected chi connectivity index (χ4v) is 1.41. The highest BCUT2D eigenvalue weighted by Crippen LogP contribution is 2.03. The summed E-state index contributed by atoms with van der Waals surface area (Å²) >= 11 is 0. The van der Waals surface area contributed by atoms with Crippen LogP contribution in [0.4, 0.5) is 0 Å². The number of rotatable bonds is 6. The van der Waals surface area contributed by atoms with Gasteiger partial charge >= 0.3 is 5.97 Å². The number of nitrogens with one attached hydrogen (secondary N) is 1. The number of hydrogen-bond donors (Lipinski definition) is 1. The van der Waals surface area contributed by atoms with Gasteiger partial charge in [-0.05, 0) is 25.0 Å². The highest BCUT2D eigenvalue weighted by molar-refractivity contribution is 5.96. The smallest absolute Gasteiger partial charge is 0.328 e. The van der Waals surface area contributed by atoms with Gasteiger partial charge in [-0.15, -0.1) is 6.58 Å². The predicted octanol–water partition coefficient (Wildman–Crippen LogP) is 1.32. The molecule has 1 N–H and O–H groups in total. The summed E-state index contributed by atoms with van der Waals surface area (Å²) in [6.07, 6.45) is 5.78. The van der Waals surface area contributed by atoms with Gasteiger partial charge in [0.2, 0.25) is 0 Å². The molecule has 1 aromatic rings. The summed E-state index contributed by atoms with van der Waals surface area (Å²) in [5, 5.41) is 2.62. The van der Waals surface area contributed by atoms with E-state index in [2.05, 4.69) is 21.6 Å². The van der Waals surface area contributed by atoms with Crippen molar-refractivity contribution in [3.63, 3.8) is 0 Å². The normalized spacial score (nSPS) is 11.4. The quantitative estimate of drug-likeness (QED) is 0.609. The zero-order valence-corrected chi connectivity index (χ0v) is 10.3. The minimum atomic E-state index is -0.666. The molecule has 1 heterocycles. The molecule has 0 spiro atoms. The van der Waals surface area contributed by atoms with Gasteiger partial charge in [-0.2, -0.15) is 0 Å². The van der Waals surface area contributed by atoms with Crippen molar-refractivity contribution in [2.24, 2.45) is 0 Å². The van der Waals surface area contributed by atoms with E-state index >= 15 is 0 Å². The Hall–Kier alpha value is -2.17. The van der Waals surface area contributed by atoms with Crippen LogP contribution < -0.4 is 5.32 Å². The number of aromatic nitrogens is 1. The molecule has 0 aliphatic rings. The number of carbonyl (C=O) groups excluding carboxylic acids is 2. The maximum atomic E-state index is 11.9. The summed E-state index contributed by atoms with van der Waals surface area (Å²) in [6.45, 7) is 3.58. The van der Waals surface area contributed by atoms with E-state index in [0.717, 1.165) is 0 Å². The lowest BCUT2D eigenvalue weighted by atomic mass is 10.1. The lowest BCUT2D eigenvalue weighted by Crippen LogP contribution is -2.41. The molecule has 1 aromatic heterocycles. The number of ether oxygens (including phenoxy) is 1. The van der Waals surface area contributed by atoms with Crippen LogP contribution in [0.3, 0.4) is 0 Å². The van der Waals surface area contributed by atoms with Gasteiger partial charge in [0.25, 0.3) is 5.91 Å². The Morgan fingerprint density at radius 3 is 2.94 bits per heavy atom. The van der Waals surface area contributed by atoms with Crippen LogP contribution in [0, 0.1) is 0 Å². The van der Waals surface area contributed by atoms with Crippen LogP contribution in [-0.4, -0.2) is 30.0 Å². The second-order valence-electron chi connectivity index (χ2n) is 3.66. The van der Waals surface area contributed by atoms with Crippen molar-refractivity contribution >= 4 is 11.9 Å². The summed E-state index contributed by atoms with van der Waals surface area (Å²) in [5.74, 6) is -0.809. The van der Waals surface area contributed by atoms with Crippen LogP contribution in [0.2, 0.25) is 0 Å². The molecule has 0 saturated heterocycles. The largest absolute Gasteiger partial charge is 0.467 e.